The summed E-state index contributed by atoms with van der Waals surface area (Å²) in [5.74, 6) is 0.0102. The minimum Gasteiger partial charge on any atom is -0.469 e. The van der Waals surface area contributed by atoms with Crippen molar-refractivity contribution in [3.8, 4) is 0 Å². The van der Waals surface area contributed by atoms with Gasteiger partial charge in [0.2, 0.25) is 0 Å². The zero-order valence-corrected chi connectivity index (χ0v) is 12.4. The van der Waals surface area contributed by atoms with Crippen LogP contribution in [0, 0.1) is 23.7 Å². The molecule has 0 aromatic carbocycles. The van der Waals surface area contributed by atoms with Crippen LogP contribution in [-0.4, -0.2) is 23.8 Å². The van der Waals surface area contributed by atoms with Gasteiger partial charge in [-0.05, 0) is 30.6 Å². The summed E-state index contributed by atoms with van der Waals surface area (Å²) in [6.45, 7) is 8.25. The van der Waals surface area contributed by atoms with Crippen LogP contribution in [0.5, 0.6) is 0 Å². The Morgan fingerprint density at radius 2 is 1.89 bits per heavy atom. The topological polar surface area (TPSA) is 46.5 Å². The molecule has 0 bridgehead atoms. The Balaban J connectivity index is 3.07. The van der Waals surface area contributed by atoms with Crippen LogP contribution in [0.4, 0.5) is 0 Å². The maximum Gasteiger partial charge on any atom is 0.311 e. The van der Waals surface area contributed by atoms with Crippen molar-refractivity contribution < 1.29 is 14.6 Å². The van der Waals surface area contributed by atoms with Crippen molar-refractivity contribution in [1.29, 1.82) is 0 Å². The highest BCUT2D eigenvalue weighted by atomic mass is 16.5. The molecule has 1 fully saturated rings. The minimum atomic E-state index is -0.895. The summed E-state index contributed by atoms with van der Waals surface area (Å²) in [6, 6.07) is 0. The Kier molecular flexibility index (Phi) is 5.20. The average molecular weight is 256 g/mol. The van der Waals surface area contributed by atoms with Crippen molar-refractivity contribution in [3.05, 3.63) is 0 Å². The Morgan fingerprint density at radius 3 is 2.33 bits per heavy atom. The zero-order chi connectivity index (χ0) is 13.9. The van der Waals surface area contributed by atoms with Gasteiger partial charge < -0.3 is 9.84 Å². The van der Waals surface area contributed by atoms with E-state index >= 15 is 0 Å². The van der Waals surface area contributed by atoms with Crippen molar-refractivity contribution in [1.82, 2.24) is 0 Å². The summed E-state index contributed by atoms with van der Waals surface area (Å²) in [5.41, 5.74) is -0.895. The van der Waals surface area contributed by atoms with Crippen LogP contribution in [0.3, 0.4) is 0 Å². The SMILES string of the molecule is COC(=O)C(C(C)C)C1(O)CCCCC1C(C)C. The van der Waals surface area contributed by atoms with Gasteiger partial charge in [-0.3, -0.25) is 4.79 Å². The summed E-state index contributed by atoms with van der Waals surface area (Å²) in [7, 11) is 1.41. The highest BCUT2D eigenvalue weighted by Crippen LogP contribution is 2.45. The van der Waals surface area contributed by atoms with Crippen LogP contribution in [0.1, 0.15) is 53.4 Å². The van der Waals surface area contributed by atoms with E-state index in [0.717, 1.165) is 19.3 Å². The summed E-state index contributed by atoms with van der Waals surface area (Å²) in [6.07, 6.45) is 3.87. The number of methoxy groups -OCH3 is 1. The van der Waals surface area contributed by atoms with Crippen LogP contribution < -0.4 is 0 Å². The number of rotatable bonds is 4. The molecule has 1 aliphatic carbocycles. The van der Waals surface area contributed by atoms with E-state index in [1.165, 1.54) is 7.11 Å². The molecule has 0 aliphatic heterocycles. The first-order valence-corrected chi connectivity index (χ1v) is 7.14. The number of carbonyl (C=O) groups excluding carboxylic acids is 1. The molecule has 18 heavy (non-hydrogen) atoms. The van der Waals surface area contributed by atoms with E-state index in [1.54, 1.807) is 0 Å². The zero-order valence-electron chi connectivity index (χ0n) is 12.4. The molecule has 1 saturated carbocycles. The van der Waals surface area contributed by atoms with E-state index < -0.39 is 11.5 Å². The highest BCUT2D eigenvalue weighted by molar-refractivity contribution is 5.74. The first kappa shape index (κ1) is 15.5. The molecular weight excluding hydrogens is 228 g/mol. The number of carbonyl (C=O) groups is 1. The second-order valence-corrected chi connectivity index (χ2v) is 6.33. The molecule has 0 heterocycles. The fourth-order valence-corrected chi connectivity index (χ4v) is 3.68. The molecule has 0 radical (unpaired) electrons. The summed E-state index contributed by atoms with van der Waals surface area (Å²) in [4.78, 5) is 12.0. The third-order valence-corrected chi connectivity index (χ3v) is 4.45. The average Bonchev–Trinajstić information content (AvgIpc) is 2.28. The Morgan fingerprint density at radius 1 is 1.28 bits per heavy atom. The van der Waals surface area contributed by atoms with Crippen molar-refractivity contribution in [3.63, 3.8) is 0 Å². The third kappa shape index (κ3) is 2.87. The van der Waals surface area contributed by atoms with E-state index in [0.29, 0.717) is 12.3 Å². The Labute approximate surface area is 111 Å². The fraction of sp³-hybridized carbons (Fsp3) is 0.933. The van der Waals surface area contributed by atoms with Gasteiger partial charge in [0.25, 0.3) is 0 Å². The molecule has 3 nitrogen and oxygen atoms in total. The molecule has 3 heteroatoms. The van der Waals surface area contributed by atoms with E-state index in [4.69, 9.17) is 4.74 Å². The lowest BCUT2D eigenvalue weighted by molar-refractivity contribution is -0.173. The van der Waals surface area contributed by atoms with Crippen LogP contribution in [0.2, 0.25) is 0 Å². The maximum atomic E-state index is 12.0. The first-order valence-electron chi connectivity index (χ1n) is 7.14. The lowest BCUT2D eigenvalue weighted by Crippen LogP contribution is -2.54. The van der Waals surface area contributed by atoms with Gasteiger partial charge in [0, 0.05) is 0 Å². The van der Waals surface area contributed by atoms with Crippen LogP contribution in [-0.2, 0) is 9.53 Å². The second kappa shape index (κ2) is 6.05. The molecule has 0 spiro atoms. The fourth-order valence-electron chi connectivity index (χ4n) is 3.68. The van der Waals surface area contributed by atoms with Gasteiger partial charge in [0.15, 0.2) is 0 Å². The minimum absolute atomic E-state index is 0.0989. The van der Waals surface area contributed by atoms with Gasteiger partial charge in [-0.2, -0.15) is 0 Å². The lowest BCUT2D eigenvalue weighted by atomic mass is 9.62. The molecule has 106 valence electrons. The summed E-state index contributed by atoms with van der Waals surface area (Å²) in [5, 5.41) is 11.1. The van der Waals surface area contributed by atoms with Crippen molar-refractivity contribution >= 4 is 5.97 Å². The van der Waals surface area contributed by atoms with E-state index in [9.17, 15) is 9.90 Å². The van der Waals surface area contributed by atoms with Gasteiger partial charge in [-0.15, -0.1) is 0 Å². The normalized spacial score (nSPS) is 30.6. The molecule has 1 rings (SSSR count). The van der Waals surface area contributed by atoms with Gasteiger partial charge in [0.05, 0.1) is 18.6 Å². The molecule has 0 aromatic heterocycles. The summed E-state index contributed by atoms with van der Waals surface area (Å²) < 4.78 is 4.92. The predicted octanol–water partition coefficient (Wildman–Crippen LogP) is 3.01. The molecule has 0 saturated heterocycles. The van der Waals surface area contributed by atoms with Crippen LogP contribution in [0.25, 0.3) is 0 Å². The van der Waals surface area contributed by atoms with Crippen molar-refractivity contribution in [2.45, 2.75) is 59.0 Å². The third-order valence-electron chi connectivity index (χ3n) is 4.45. The number of ether oxygens (including phenoxy) is 1. The molecule has 0 amide bonds. The van der Waals surface area contributed by atoms with E-state index in [1.807, 2.05) is 13.8 Å². The lowest BCUT2D eigenvalue weighted by Gasteiger charge is -2.47. The molecule has 1 N–H and O–H groups in total. The van der Waals surface area contributed by atoms with E-state index in [-0.39, 0.29) is 17.8 Å². The van der Waals surface area contributed by atoms with Gasteiger partial charge in [-0.1, -0.05) is 40.5 Å². The number of hydrogen-bond acceptors (Lipinski definition) is 3. The maximum absolute atomic E-state index is 12.0. The molecular formula is C15H28O3. The van der Waals surface area contributed by atoms with Crippen molar-refractivity contribution in [2.24, 2.45) is 23.7 Å². The van der Waals surface area contributed by atoms with E-state index in [2.05, 4.69) is 13.8 Å². The molecule has 3 atom stereocenters. The first-order chi connectivity index (χ1) is 8.34. The monoisotopic (exact) mass is 256 g/mol. The van der Waals surface area contributed by atoms with Gasteiger partial charge >= 0.3 is 5.97 Å². The number of aliphatic hydroxyl groups is 1. The van der Waals surface area contributed by atoms with Gasteiger partial charge in [0.1, 0.15) is 0 Å². The second-order valence-electron chi connectivity index (χ2n) is 6.33. The molecule has 1 aliphatic rings. The highest BCUT2D eigenvalue weighted by Gasteiger charge is 2.50. The number of hydrogen-bond donors (Lipinski definition) is 1. The smallest absolute Gasteiger partial charge is 0.311 e. The molecule has 0 aromatic rings. The quantitative estimate of drug-likeness (QED) is 0.786. The van der Waals surface area contributed by atoms with Crippen molar-refractivity contribution in [2.75, 3.05) is 7.11 Å². The van der Waals surface area contributed by atoms with Crippen LogP contribution >= 0.6 is 0 Å². The van der Waals surface area contributed by atoms with Gasteiger partial charge in [-0.25, -0.2) is 0 Å². The summed E-state index contributed by atoms with van der Waals surface area (Å²) >= 11 is 0. The standard InChI is InChI=1S/C15H28O3/c1-10(2)12-8-6-7-9-15(12,17)13(11(3)4)14(16)18-5/h10-13,17H,6-9H2,1-5H3. The Bertz CT molecular complexity index is 285. The largest absolute Gasteiger partial charge is 0.469 e. The molecule has 3 unspecified atom stereocenters. The predicted molar refractivity (Wildman–Crippen MR) is 72.1 cm³/mol. The number of esters is 1. The van der Waals surface area contributed by atoms with Crippen LogP contribution in [0.15, 0.2) is 0 Å². The Hall–Kier alpha value is -0.570.